The van der Waals surface area contributed by atoms with Crippen LogP contribution < -0.4 is 10.2 Å². The van der Waals surface area contributed by atoms with E-state index in [1.807, 2.05) is 43.5 Å². The maximum atomic E-state index is 13.5. The molecule has 2 amide bonds. The largest absolute Gasteiger partial charge is 0.342 e. The third-order valence-electron chi connectivity index (χ3n) is 6.11. The first-order chi connectivity index (χ1) is 16.8. The van der Waals surface area contributed by atoms with Crippen LogP contribution in [0.15, 0.2) is 78.5 Å². The highest BCUT2D eigenvalue weighted by Crippen LogP contribution is 2.29. The number of nitrogens with one attached hydrogen (secondary N) is 1. The zero-order valence-electron chi connectivity index (χ0n) is 19.2. The van der Waals surface area contributed by atoms with Gasteiger partial charge >= 0.3 is 0 Å². The molecule has 0 saturated carbocycles. The van der Waals surface area contributed by atoms with Crippen LogP contribution in [0, 0.1) is 13.8 Å². The summed E-state index contributed by atoms with van der Waals surface area (Å²) in [6, 6.07) is 21.6. The Balaban J connectivity index is 1.56. The SMILES string of the molecule is Cc1ccc(Cn2cc(/C=C3\C(=O)NC(=S)N(c4ccc(C)c(Cl)c4)C3=O)c3ccccc32)cc1. The van der Waals surface area contributed by atoms with E-state index in [1.54, 1.807) is 18.2 Å². The Bertz CT molecular complexity index is 1540. The smallest absolute Gasteiger partial charge is 0.270 e. The summed E-state index contributed by atoms with van der Waals surface area (Å²) in [5.41, 5.74) is 5.55. The Morgan fingerprint density at radius 3 is 2.49 bits per heavy atom. The molecule has 1 saturated heterocycles. The summed E-state index contributed by atoms with van der Waals surface area (Å²) in [6.45, 7) is 4.61. The van der Waals surface area contributed by atoms with Gasteiger partial charge in [-0.1, -0.05) is 65.7 Å². The average Bonchev–Trinajstić information content (AvgIpc) is 3.17. The summed E-state index contributed by atoms with van der Waals surface area (Å²) in [7, 11) is 0. The highest BCUT2D eigenvalue weighted by atomic mass is 35.5. The Morgan fingerprint density at radius 1 is 1.00 bits per heavy atom. The van der Waals surface area contributed by atoms with Crippen molar-refractivity contribution in [3.05, 3.63) is 106 Å². The molecule has 4 aromatic rings. The number of anilines is 1. The van der Waals surface area contributed by atoms with Crippen LogP contribution in [0.5, 0.6) is 0 Å². The van der Waals surface area contributed by atoms with Gasteiger partial charge in [0.1, 0.15) is 5.57 Å². The normalized spacial score (nSPS) is 15.2. The van der Waals surface area contributed by atoms with Gasteiger partial charge in [-0.25, -0.2) is 0 Å². The lowest BCUT2D eigenvalue weighted by atomic mass is 10.1. The van der Waals surface area contributed by atoms with Crippen LogP contribution in [0.4, 0.5) is 5.69 Å². The third kappa shape index (κ3) is 4.38. The fourth-order valence-electron chi connectivity index (χ4n) is 4.18. The number of fused-ring (bicyclic) bond motifs is 1. The van der Waals surface area contributed by atoms with Crippen molar-refractivity contribution in [2.45, 2.75) is 20.4 Å². The minimum atomic E-state index is -0.523. The molecule has 1 fully saturated rings. The minimum Gasteiger partial charge on any atom is -0.342 e. The van der Waals surface area contributed by atoms with Crippen molar-refractivity contribution in [2.75, 3.05) is 4.90 Å². The van der Waals surface area contributed by atoms with E-state index in [0.29, 0.717) is 17.3 Å². The van der Waals surface area contributed by atoms with Crippen molar-refractivity contribution in [3.63, 3.8) is 0 Å². The van der Waals surface area contributed by atoms with E-state index in [9.17, 15) is 9.59 Å². The Morgan fingerprint density at radius 2 is 1.74 bits per heavy atom. The number of aromatic nitrogens is 1. The van der Waals surface area contributed by atoms with E-state index in [2.05, 4.69) is 41.1 Å². The molecular weight excluding hydrogens is 478 g/mol. The second-order valence-electron chi connectivity index (χ2n) is 8.61. The molecule has 0 aliphatic carbocycles. The number of carbonyl (C=O) groups excluding carboxylic acids is 2. The van der Waals surface area contributed by atoms with Crippen molar-refractivity contribution in [1.82, 2.24) is 9.88 Å². The fourth-order valence-corrected chi connectivity index (χ4v) is 4.64. The van der Waals surface area contributed by atoms with Gasteiger partial charge in [-0.2, -0.15) is 0 Å². The molecule has 1 aliphatic rings. The molecule has 0 unspecified atom stereocenters. The molecule has 5 rings (SSSR count). The van der Waals surface area contributed by atoms with E-state index < -0.39 is 11.8 Å². The zero-order valence-corrected chi connectivity index (χ0v) is 20.8. The first-order valence-electron chi connectivity index (χ1n) is 11.1. The number of hydrogen-bond acceptors (Lipinski definition) is 3. The van der Waals surface area contributed by atoms with Crippen molar-refractivity contribution in [1.29, 1.82) is 0 Å². The van der Waals surface area contributed by atoms with Crippen molar-refractivity contribution >= 4 is 63.4 Å². The van der Waals surface area contributed by atoms with Crippen molar-refractivity contribution in [3.8, 4) is 0 Å². The zero-order chi connectivity index (χ0) is 24.7. The number of hydrogen-bond donors (Lipinski definition) is 1. The second-order valence-corrected chi connectivity index (χ2v) is 9.40. The molecule has 7 heteroatoms. The summed E-state index contributed by atoms with van der Waals surface area (Å²) in [5.74, 6) is -1.01. The predicted molar refractivity (Wildman–Crippen MR) is 145 cm³/mol. The molecule has 2 heterocycles. The number of halogens is 1. The standard InChI is InChI=1S/C28H22ClN3O2S/c1-17-7-10-19(11-8-17)15-31-16-20(22-5-3-4-6-25(22)31)13-23-26(33)30-28(35)32(27(23)34)21-12-9-18(2)24(29)14-21/h3-14,16H,15H2,1-2H3,(H,30,33,35)/b23-13+. The third-order valence-corrected chi connectivity index (χ3v) is 6.80. The molecule has 1 N–H and O–H groups in total. The van der Waals surface area contributed by atoms with E-state index in [1.165, 1.54) is 10.5 Å². The fraction of sp³-hybridized carbons (Fsp3) is 0.107. The Labute approximate surface area is 213 Å². The van der Waals surface area contributed by atoms with Crippen LogP contribution in [0.2, 0.25) is 5.02 Å². The number of nitrogens with zero attached hydrogens (tertiary/aromatic N) is 2. The quantitative estimate of drug-likeness (QED) is 0.219. The lowest BCUT2D eigenvalue weighted by molar-refractivity contribution is -0.122. The van der Waals surface area contributed by atoms with Gasteiger partial charge in [0.05, 0.1) is 5.69 Å². The molecule has 5 nitrogen and oxygen atoms in total. The number of aryl methyl sites for hydroxylation is 2. The van der Waals surface area contributed by atoms with E-state index in [0.717, 1.165) is 27.6 Å². The first-order valence-corrected chi connectivity index (χ1v) is 11.9. The Kier molecular flexibility index (Phi) is 6.01. The predicted octanol–water partition coefficient (Wildman–Crippen LogP) is 5.79. The summed E-state index contributed by atoms with van der Waals surface area (Å²) < 4.78 is 2.12. The topological polar surface area (TPSA) is 54.3 Å². The van der Waals surface area contributed by atoms with Gasteiger partial charge in [0.25, 0.3) is 11.8 Å². The van der Waals surface area contributed by atoms with Crippen molar-refractivity contribution in [2.24, 2.45) is 0 Å². The minimum absolute atomic E-state index is 0.00790. The van der Waals surface area contributed by atoms with Gasteiger partial charge < -0.3 is 4.57 Å². The summed E-state index contributed by atoms with van der Waals surface area (Å²) in [5, 5.41) is 4.13. The molecule has 0 bridgehead atoms. The number of para-hydroxylation sites is 1. The van der Waals surface area contributed by atoms with E-state index >= 15 is 0 Å². The average molecular weight is 500 g/mol. The van der Waals surface area contributed by atoms with Crippen LogP contribution in [-0.2, 0) is 16.1 Å². The van der Waals surface area contributed by atoms with Crippen LogP contribution in [0.3, 0.4) is 0 Å². The molecule has 174 valence electrons. The lowest BCUT2D eigenvalue weighted by Crippen LogP contribution is -2.54. The second kappa shape index (κ2) is 9.13. The van der Waals surface area contributed by atoms with Gasteiger partial charge in [-0.05, 0) is 61.5 Å². The number of carbonyl (C=O) groups is 2. The molecule has 3 aromatic carbocycles. The maximum absolute atomic E-state index is 13.5. The molecule has 35 heavy (non-hydrogen) atoms. The maximum Gasteiger partial charge on any atom is 0.270 e. The summed E-state index contributed by atoms with van der Waals surface area (Å²) in [6.07, 6.45) is 3.61. The summed E-state index contributed by atoms with van der Waals surface area (Å²) >= 11 is 11.6. The van der Waals surface area contributed by atoms with E-state index in [4.69, 9.17) is 23.8 Å². The molecule has 0 atom stereocenters. The Hall–Kier alpha value is -3.74. The number of rotatable bonds is 4. The van der Waals surface area contributed by atoms with Crippen LogP contribution in [0.1, 0.15) is 22.3 Å². The van der Waals surface area contributed by atoms with Crippen LogP contribution in [-0.4, -0.2) is 21.5 Å². The van der Waals surface area contributed by atoms with Crippen molar-refractivity contribution < 1.29 is 9.59 Å². The van der Waals surface area contributed by atoms with Gasteiger partial charge in [0.2, 0.25) is 0 Å². The number of benzene rings is 3. The van der Waals surface area contributed by atoms with E-state index in [-0.39, 0.29) is 10.7 Å². The lowest BCUT2D eigenvalue weighted by Gasteiger charge is -2.29. The van der Waals surface area contributed by atoms with Gasteiger partial charge in [0, 0.05) is 34.2 Å². The molecule has 0 spiro atoms. The first kappa shape index (κ1) is 23.0. The molecule has 1 aliphatic heterocycles. The van der Waals surface area contributed by atoms with Gasteiger partial charge in [0.15, 0.2) is 5.11 Å². The monoisotopic (exact) mass is 499 g/mol. The number of thiocarbonyl (C=S) groups is 1. The molecule has 1 aromatic heterocycles. The number of amides is 2. The molecule has 0 radical (unpaired) electrons. The highest BCUT2D eigenvalue weighted by Gasteiger charge is 2.34. The molecular formula is C28H22ClN3O2S. The van der Waals surface area contributed by atoms with Gasteiger partial charge in [-0.15, -0.1) is 0 Å². The van der Waals surface area contributed by atoms with Crippen LogP contribution in [0.25, 0.3) is 17.0 Å². The van der Waals surface area contributed by atoms with Gasteiger partial charge in [-0.3, -0.25) is 19.8 Å². The van der Waals surface area contributed by atoms with Crippen LogP contribution >= 0.6 is 23.8 Å². The highest BCUT2D eigenvalue weighted by molar-refractivity contribution is 7.80. The summed E-state index contributed by atoms with van der Waals surface area (Å²) in [4.78, 5) is 27.6.